The minimum atomic E-state index is -4.36. The highest BCUT2D eigenvalue weighted by molar-refractivity contribution is 8.00. The summed E-state index contributed by atoms with van der Waals surface area (Å²) >= 11 is 1.45. The largest absolute Gasteiger partial charge is 0.416 e. The number of thioether (sulfide) groups is 1. The van der Waals surface area contributed by atoms with Crippen LogP contribution >= 0.6 is 11.8 Å². The van der Waals surface area contributed by atoms with E-state index in [4.69, 9.17) is 0 Å². The van der Waals surface area contributed by atoms with Gasteiger partial charge in [0.05, 0.1) is 11.3 Å². The first-order chi connectivity index (χ1) is 14.3. The molecule has 0 bridgehead atoms. The highest BCUT2D eigenvalue weighted by atomic mass is 32.2. The van der Waals surface area contributed by atoms with Gasteiger partial charge in [0.2, 0.25) is 11.8 Å². The number of amides is 2. The van der Waals surface area contributed by atoms with Crippen molar-refractivity contribution in [2.45, 2.75) is 30.8 Å². The number of nitrogens with zero attached hydrogens (tertiary/aromatic N) is 3. The van der Waals surface area contributed by atoms with Crippen LogP contribution in [0.15, 0.2) is 24.3 Å². The molecule has 0 spiro atoms. The molecule has 1 unspecified atom stereocenters. The Labute approximate surface area is 178 Å². The van der Waals surface area contributed by atoms with E-state index in [1.165, 1.54) is 23.9 Å². The monoisotopic (exact) mass is 441 g/mol. The number of rotatable bonds is 5. The first kappa shape index (κ1) is 21.5. The van der Waals surface area contributed by atoms with Gasteiger partial charge in [-0.2, -0.15) is 13.2 Å². The van der Waals surface area contributed by atoms with Gasteiger partial charge < -0.3 is 9.80 Å². The van der Waals surface area contributed by atoms with Crippen LogP contribution in [-0.2, 0) is 15.8 Å². The number of benzene rings is 1. The zero-order chi connectivity index (χ0) is 21.3. The lowest BCUT2D eigenvalue weighted by Crippen LogP contribution is -2.52. The average molecular weight is 442 g/mol. The van der Waals surface area contributed by atoms with Crippen molar-refractivity contribution in [2.75, 3.05) is 45.0 Å². The van der Waals surface area contributed by atoms with Gasteiger partial charge in [-0.3, -0.25) is 14.5 Å². The second-order valence-electron chi connectivity index (χ2n) is 8.17. The van der Waals surface area contributed by atoms with Crippen molar-refractivity contribution >= 4 is 23.6 Å². The molecule has 1 atom stereocenters. The van der Waals surface area contributed by atoms with E-state index in [2.05, 4.69) is 4.90 Å². The molecule has 1 aromatic carbocycles. The van der Waals surface area contributed by atoms with Crippen molar-refractivity contribution in [1.82, 2.24) is 14.7 Å². The fourth-order valence-electron chi connectivity index (χ4n) is 4.16. The standard InChI is InChI=1S/C21H26F3N3O2S/c22-21(23,24)17-6-4-16(5-7-17)20-27(18(28)14-30-20)13-10-25-8-11-26(12-9-25)19(29)15-2-1-3-15/h4-7,15,20H,1-3,8-14H2. The molecule has 5 nitrogen and oxygen atoms in total. The molecule has 164 valence electrons. The fourth-order valence-corrected chi connectivity index (χ4v) is 5.38. The Kier molecular flexibility index (Phi) is 6.29. The third-order valence-electron chi connectivity index (χ3n) is 6.29. The predicted octanol–water partition coefficient (Wildman–Crippen LogP) is 3.22. The number of hydrogen-bond donors (Lipinski definition) is 0. The van der Waals surface area contributed by atoms with E-state index in [9.17, 15) is 22.8 Å². The van der Waals surface area contributed by atoms with Crippen LogP contribution in [0.4, 0.5) is 13.2 Å². The molecule has 1 aromatic rings. The van der Waals surface area contributed by atoms with Gasteiger partial charge in [0.15, 0.2) is 0 Å². The zero-order valence-corrected chi connectivity index (χ0v) is 17.6. The summed E-state index contributed by atoms with van der Waals surface area (Å²) in [5, 5.41) is -0.249. The number of hydrogen-bond acceptors (Lipinski definition) is 4. The molecule has 2 heterocycles. The van der Waals surface area contributed by atoms with Gasteiger partial charge in [-0.1, -0.05) is 18.6 Å². The maximum Gasteiger partial charge on any atom is 0.416 e. The number of piperazine rings is 1. The third-order valence-corrected chi connectivity index (χ3v) is 7.54. The molecule has 0 aromatic heterocycles. The van der Waals surface area contributed by atoms with E-state index < -0.39 is 11.7 Å². The second-order valence-corrected chi connectivity index (χ2v) is 9.23. The molecule has 3 aliphatic rings. The van der Waals surface area contributed by atoms with Crippen LogP contribution in [0.3, 0.4) is 0 Å². The van der Waals surface area contributed by atoms with Crippen molar-refractivity contribution in [3.05, 3.63) is 35.4 Å². The Morgan fingerprint density at radius 2 is 1.70 bits per heavy atom. The molecule has 4 rings (SSSR count). The van der Waals surface area contributed by atoms with Crippen LogP contribution in [0.2, 0.25) is 0 Å². The third kappa shape index (κ3) is 4.61. The first-order valence-corrected chi connectivity index (χ1v) is 11.5. The Bertz CT molecular complexity index is 775. The maximum absolute atomic E-state index is 12.8. The van der Waals surface area contributed by atoms with Crippen LogP contribution in [0.25, 0.3) is 0 Å². The van der Waals surface area contributed by atoms with Gasteiger partial charge >= 0.3 is 6.18 Å². The van der Waals surface area contributed by atoms with E-state index in [1.54, 1.807) is 4.90 Å². The lowest BCUT2D eigenvalue weighted by atomic mass is 9.84. The van der Waals surface area contributed by atoms with Crippen molar-refractivity contribution in [3.8, 4) is 0 Å². The van der Waals surface area contributed by atoms with Crippen LogP contribution in [-0.4, -0.2) is 71.5 Å². The van der Waals surface area contributed by atoms with E-state index in [0.717, 1.165) is 63.1 Å². The Morgan fingerprint density at radius 1 is 1.03 bits per heavy atom. The first-order valence-electron chi connectivity index (χ1n) is 10.4. The molecular formula is C21H26F3N3O2S. The van der Waals surface area contributed by atoms with E-state index in [-0.39, 0.29) is 23.1 Å². The SMILES string of the molecule is O=C(C1CCC1)N1CCN(CCN2C(=O)CSC2c2ccc(C(F)(F)F)cc2)CC1. The van der Waals surface area contributed by atoms with Crippen LogP contribution in [0.5, 0.6) is 0 Å². The van der Waals surface area contributed by atoms with E-state index >= 15 is 0 Å². The summed E-state index contributed by atoms with van der Waals surface area (Å²) in [4.78, 5) is 30.7. The summed E-state index contributed by atoms with van der Waals surface area (Å²) in [6.45, 7) is 4.26. The molecule has 2 saturated heterocycles. The molecule has 2 amide bonds. The summed E-state index contributed by atoms with van der Waals surface area (Å²) in [5.74, 6) is 0.869. The number of alkyl halides is 3. The quantitative estimate of drug-likeness (QED) is 0.704. The number of carbonyl (C=O) groups excluding carboxylic acids is 2. The highest BCUT2D eigenvalue weighted by Gasteiger charge is 2.35. The van der Waals surface area contributed by atoms with Crippen LogP contribution in [0, 0.1) is 5.92 Å². The van der Waals surface area contributed by atoms with Crippen LogP contribution < -0.4 is 0 Å². The fraction of sp³-hybridized carbons (Fsp3) is 0.619. The molecule has 9 heteroatoms. The minimum absolute atomic E-state index is 0.0173. The van der Waals surface area contributed by atoms with E-state index in [1.807, 2.05) is 4.90 Å². The summed E-state index contributed by atoms with van der Waals surface area (Å²) < 4.78 is 38.4. The molecule has 2 aliphatic heterocycles. The summed E-state index contributed by atoms with van der Waals surface area (Å²) in [5.41, 5.74) is 0.0382. The molecule has 0 radical (unpaired) electrons. The summed E-state index contributed by atoms with van der Waals surface area (Å²) in [7, 11) is 0. The topological polar surface area (TPSA) is 43.9 Å². The van der Waals surface area contributed by atoms with Crippen LogP contribution in [0.1, 0.15) is 35.8 Å². The number of carbonyl (C=O) groups is 2. The van der Waals surface area contributed by atoms with Gasteiger partial charge in [0.1, 0.15) is 5.37 Å². The molecule has 1 saturated carbocycles. The van der Waals surface area contributed by atoms with E-state index in [0.29, 0.717) is 18.8 Å². The minimum Gasteiger partial charge on any atom is -0.340 e. The van der Waals surface area contributed by atoms with Gasteiger partial charge in [-0.15, -0.1) is 11.8 Å². The Morgan fingerprint density at radius 3 is 2.27 bits per heavy atom. The maximum atomic E-state index is 12.8. The molecule has 30 heavy (non-hydrogen) atoms. The van der Waals surface area contributed by atoms with Gasteiger partial charge in [0.25, 0.3) is 0 Å². The van der Waals surface area contributed by atoms with Crippen molar-refractivity contribution in [1.29, 1.82) is 0 Å². The predicted molar refractivity (Wildman–Crippen MR) is 109 cm³/mol. The average Bonchev–Trinajstić information content (AvgIpc) is 3.05. The van der Waals surface area contributed by atoms with Crippen molar-refractivity contribution in [2.24, 2.45) is 5.92 Å². The Balaban J connectivity index is 1.30. The second kappa shape index (κ2) is 8.78. The lowest BCUT2D eigenvalue weighted by molar-refractivity contribution is -0.140. The highest BCUT2D eigenvalue weighted by Crippen LogP contribution is 2.39. The van der Waals surface area contributed by atoms with Crippen molar-refractivity contribution in [3.63, 3.8) is 0 Å². The smallest absolute Gasteiger partial charge is 0.340 e. The van der Waals surface area contributed by atoms with Gasteiger partial charge in [-0.25, -0.2) is 0 Å². The van der Waals surface area contributed by atoms with Gasteiger partial charge in [0, 0.05) is 45.2 Å². The van der Waals surface area contributed by atoms with Gasteiger partial charge in [-0.05, 0) is 30.5 Å². The zero-order valence-electron chi connectivity index (χ0n) is 16.7. The Hall–Kier alpha value is -1.74. The summed E-state index contributed by atoms with van der Waals surface area (Å²) in [6, 6.07) is 5.10. The molecular weight excluding hydrogens is 415 g/mol. The normalized spacial score (nSPS) is 23.7. The summed E-state index contributed by atoms with van der Waals surface area (Å²) in [6.07, 6.45) is -1.18. The molecule has 1 aliphatic carbocycles. The molecule has 3 fully saturated rings. The number of halogens is 3. The lowest BCUT2D eigenvalue weighted by Gasteiger charge is -2.38. The molecule has 0 N–H and O–H groups in total. The van der Waals surface area contributed by atoms with Crippen molar-refractivity contribution < 1.29 is 22.8 Å².